The van der Waals surface area contributed by atoms with Crippen LogP contribution in [0.5, 0.6) is 11.5 Å². The van der Waals surface area contributed by atoms with E-state index in [2.05, 4.69) is 59.4 Å². The normalized spacial score (nSPS) is 12.1. The van der Waals surface area contributed by atoms with E-state index in [9.17, 15) is 4.79 Å². The zero-order valence-electron chi connectivity index (χ0n) is 20.5. The number of H-pyrrole nitrogens is 1. The lowest BCUT2D eigenvalue weighted by molar-refractivity contribution is 0.174. The standard InChI is InChI=1S/C29H29N3O3S/c1-3-21-9-4-5-10-24(21)31-29(36)32(12-11-20-8-6-7-19(2)13-20)17-23-14-22-15-26-27(35-18-34-26)16-25(22)30-28(23)33/h4-10,13-16H,3,11-12,17-18H2,1-2H3,(H,30,33)(H,31,36). The van der Waals surface area contributed by atoms with Gasteiger partial charge in [-0.1, -0.05) is 55.0 Å². The highest BCUT2D eigenvalue weighted by molar-refractivity contribution is 7.80. The van der Waals surface area contributed by atoms with E-state index in [1.165, 1.54) is 16.7 Å². The Hall–Kier alpha value is -3.84. The molecular weight excluding hydrogens is 470 g/mol. The van der Waals surface area contributed by atoms with E-state index in [1.54, 1.807) is 0 Å². The van der Waals surface area contributed by atoms with Crippen LogP contribution in [-0.2, 0) is 19.4 Å². The van der Waals surface area contributed by atoms with Crippen molar-refractivity contribution in [1.82, 2.24) is 9.88 Å². The minimum atomic E-state index is -0.140. The number of aromatic nitrogens is 1. The van der Waals surface area contributed by atoms with Crippen LogP contribution in [0, 0.1) is 6.92 Å². The monoisotopic (exact) mass is 499 g/mol. The Labute approximate surface area is 215 Å². The fraction of sp³-hybridized carbons (Fsp3) is 0.241. The van der Waals surface area contributed by atoms with Crippen LogP contribution in [0.25, 0.3) is 10.9 Å². The van der Waals surface area contributed by atoms with Gasteiger partial charge in [0.1, 0.15) is 0 Å². The summed E-state index contributed by atoms with van der Waals surface area (Å²) in [5, 5.41) is 4.91. The smallest absolute Gasteiger partial charge is 0.253 e. The fourth-order valence-electron chi connectivity index (χ4n) is 4.49. The molecule has 6 nitrogen and oxygen atoms in total. The molecule has 5 rings (SSSR count). The van der Waals surface area contributed by atoms with Gasteiger partial charge in [-0.25, -0.2) is 0 Å². The van der Waals surface area contributed by atoms with E-state index in [0.29, 0.717) is 35.3 Å². The summed E-state index contributed by atoms with van der Waals surface area (Å²) in [5.74, 6) is 1.33. The minimum absolute atomic E-state index is 0.140. The van der Waals surface area contributed by atoms with Gasteiger partial charge in [-0.3, -0.25) is 4.79 Å². The lowest BCUT2D eigenvalue weighted by atomic mass is 10.1. The highest BCUT2D eigenvalue weighted by Crippen LogP contribution is 2.35. The van der Waals surface area contributed by atoms with E-state index in [-0.39, 0.29) is 12.4 Å². The summed E-state index contributed by atoms with van der Waals surface area (Å²) in [5.41, 5.74) is 5.86. The predicted molar refractivity (Wildman–Crippen MR) is 148 cm³/mol. The summed E-state index contributed by atoms with van der Waals surface area (Å²) in [6.45, 7) is 5.46. The molecule has 0 bridgehead atoms. The number of thiocarbonyl (C=S) groups is 1. The van der Waals surface area contributed by atoms with Gasteiger partial charge in [0.15, 0.2) is 16.6 Å². The zero-order chi connectivity index (χ0) is 25.1. The van der Waals surface area contributed by atoms with Gasteiger partial charge in [-0.15, -0.1) is 0 Å². The van der Waals surface area contributed by atoms with Crippen LogP contribution in [0.2, 0.25) is 0 Å². The Morgan fingerprint density at radius 3 is 2.64 bits per heavy atom. The molecule has 0 unspecified atom stereocenters. The number of hydrogen-bond acceptors (Lipinski definition) is 4. The van der Waals surface area contributed by atoms with E-state index >= 15 is 0 Å². The van der Waals surface area contributed by atoms with Crippen molar-refractivity contribution in [2.45, 2.75) is 33.2 Å². The highest BCUT2D eigenvalue weighted by Gasteiger charge is 2.18. The fourth-order valence-corrected chi connectivity index (χ4v) is 4.76. The number of aromatic amines is 1. The van der Waals surface area contributed by atoms with Gasteiger partial charge in [0, 0.05) is 29.2 Å². The van der Waals surface area contributed by atoms with Gasteiger partial charge >= 0.3 is 0 Å². The molecule has 0 saturated carbocycles. The number of para-hydroxylation sites is 1. The van der Waals surface area contributed by atoms with Gasteiger partial charge in [0.05, 0.1) is 12.1 Å². The number of fused-ring (bicyclic) bond motifs is 2. The zero-order valence-corrected chi connectivity index (χ0v) is 21.3. The van der Waals surface area contributed by atoms with Crippen LogP contribution < -0.4 is 20.3 Å². The van der Waals surface area contributed by atoms with Crippen molar-refractivity contribution in [2.75, 3.05) is 18.7 Å². The Bertz CT molecular complexity index is 1480. The van der Waals surface area contributed by atoms with Crippen molar-refractivity contribution in [3.05, 3.63) is 99.3 Å². The second-order valence-electron chi connectivity index (χ2n) is 9.02. The first-order valence-corrected chi connectivity index (χ1v) is 12.6. The average molecular weight is 500 g/mol. The number of nitrogens with one attached hydrogen (secondary N) is 2. The van der Waals surface area contributed by atoms with Crippen molar-refractivity contribution in [2.24, 2.45) is 0 Å². The van der Waals surface area contributed by atoms with Crippen molar-refractivity contribution in [1.29, 1.82) is 0 Å². The van der Waals surface area contributed by atoms with Gasteiger partial charge in [0.2, 0.25) is 6.79 Å². The highest BCUT2D eigenvalue weighted by atomic mass is 32.1. The van der Waals surface area contributed by atoms with Gasteiger partial charge < -0.3 is 24.7 Å². The van der Waals surface area contributed by atoms with Crippen LogP contribution in [0.4, 0.5) is 5.69 Å². The van der Waals surface area contributed by atoms with Gasteiger partial charge in [-0.2, -0.15) is 0 Å². The van der Waals surface area contributed by atoms with Gasteiger partial charge in [-0.05, 0) is 61.3 Å². The number of rotatable bonds is 7. The Morgan fingerprint density at radius 1 is 1.03 bits per heavy atom. The Balaban J connectivity index is 1.43. The first kappa shape index (κ1) is 23.9. The lowest BCUT2D eigenvalue weighted by Crippen LogP contribution is -2.37. The quantitative estimate of drug-likeness (QED) is 0.324. The summed E-state index contributed by atoms with van der Waals surface area (Å²) in [4.78, 5) is 18.1. The number of nitrogens with zero attached hydrogens (tertiary/aromatic N) is 1. The molecule has 0 aliphatic carbocycles. The first-order chi connectivity index (χ1) is 17.5. The summed E-state index contributed by atoms with van der Waals surface area (Å²) >= 11 is 5.88. The van der Waals surface area contributed by atoms with Crippen LogP contribution >= 0.6 is 12.2 Å². The third kappa shape index (κ3) is 5.21. The van der Waals surface area contributed by atoms with Gasteiger partial charge in [0.25, 0.3) is 5.56 Å². The number of benzene rings is 3. The van der Waals surface area contributed by atoms with Crippen molar-refractivity contribution < 1.29 is 9.47 Å². The van der Waals surface area contributed by atoms with E-state index in [1.807, 2.05) is 36.4 Å². The summed E-state index contributed by atoms with van der Waals surface area (Å²) < 4.78 is 11.0. The van der Waals surface area contributed by atoms with E-state index in [0.717, 1.165) is 29.4 Å². The van der Waals surface area contributed by atoms with Crippen molar-refractivity contribution in [3.8, 4) is 11.5 Å². The molecule has 7 heteroatoms. The largest absolute Gasteiger partial charge is 0.454 e. The molecule has 0 amide bonds. The molecular formula is C29H29N3O3S. The molecule has 0 saturated heterocycles. The lowest BCUT2D eigenvalue weighted by Gasteiger charge is -2.27. The molecule has 0 radical (unpaired) electrons. The molecule has 4 aromatic rings. The maximum absolute atomic E-state index is 13.1. The summed E-state index contributed by atoms with van der Waals surface area (Å²) in [6, 6.07) is 22.3. The van der Waals surface area contributed by atoms with Crippen molar-refractivity contribution in [3.63, 3.8) is 0 Å². The van der Waals surface area contributed by atoms with Crippen LogP contribution in [0.1, 0.15) is 29.2 Å². The van der Waals surface area contributed by atoms with Crippen LogP contribution in [-0.4, -0.2) is 28.3 Å². The number of ether oxygens (including phenoxy) is 2. The molecule has 184 valence electrons. The minimum Gasteiger partial charge on any atom is -0.454 e. The second kappa shape index (κ2) is 10.4. The topological polar surface area (TPSA) is 66.6 Å². The van der Waals surface area contributed by atoms with E-state index < -0.39 is 0 Å². The average Bonchev–Trinajstić information content (AvgIpc) is 3.33. The maximum atomic E-state index is 13.1. The first-order valence-electron chi connectivity index (χ1n) is 12.1. The molecule has 2 heterocycles. The SMILES string of the molecule is CCc1ccccc1NC(=S)N(CCc1cccc(C)c1)Cc1cc2cc3c(cc2[nH]c1=O)OCO3. The van der Waals surface area contributed by atoms with Crippen molar-refractivity contribution >= 4 is 33.9 Å². The molecule has 0 fully saturated rings. The number of aryl methyl sites for hydroxylation is 2. The van der Waals surface area contributed by atoms with E-state index in [4.69, 9.17) is 21.7 Å². The second-order valence-corrected chi connectivity index (χ2v) is 9.40. The molecule has 1 aliphatic rings. The molecule has 1 aromatic heterocycles. The summed E-state index contributed by atoms with van der Waals surface area (Å²) in [7, 11) is 0. The molecule has 1 aliphatic heterocycles. The predicted octanol–water partition coefficient (Wildman–Crippen LogP) is 5.57. The third-order valence-electron chi connectivity index (χ3n) is 6.46. The molecule has 0 spiro atoms. The molecule has 36 heavy (non-hydrogen) atoms. The maximum Gasteiger partial charge on any atom is 0.253 e. The Kier molecular flexibility index (Phi) is 6.91. The number of hydrogen-bond donors (Lipinski definition) is 2. The molecule has 2 N–H and O–H groups in total. The van der Waals surface area contributed by atoms with Crippen LogP contribution in [0.15, 0.2) is 71.5 Å². The molecule has 3 aromatic carbocycles. The molecule has 0 atom stereocenters. The van der Waals surface area contributed by atoms with Crippen LogP contribution in [0.3, 0.4) is 0 Å². The number of pyridine rings is 1. The number of anilines is 1. The summed E-state index contributed by atoms with van der Waals surface area (Å²) in [6.07, 6.45) is 1.71. The third-order valence-corrected chi connectivity index (χ3v) is 6.82. The Morgan fingerprint density at radius 2 is 1.83 bits per heavy atom.